The van der Waals surface area contributed by atoms with Crippen molar-refractivity contribution in [3.05, 3.63) is 0 Å². The Bertz CT molecular complexity index is 1560. The molecule has 0 aromatic rings. The second-order valence-electron chi connectivity index (χ2n) is 20.3. The van der Waals surface area contributed by atoms with Gasteiger partial charge in [0.2, 0.25) is 47.3 Å². The van der Waals surface area contributed by atoms with Gasteiger partial charge in [-0.25, -0.2) is 0 Å². The number of aliphatic hydroxyl groups is 1. The van der Waals surface area contributed by atoms with Gasteiger partial charge in [0, 0.05) is 25.6 Å². The van der Waals surface area contributed by atoms with Crippen molar-refractivity contribution in [2.24, 2.45) is 29.4 Å². The minimum atomic E-state index is -1.65. The molecule has 8 amide bonds. The van der Waals surface area contributed by atoms with E-state index in [0.717, 1.165) is 0 Å². The van der Waals surface area contributed by atoms with Crippen molar-refractivity contribution in [2.75, 3.05) is 27.2 Å². The number of hydrogen-bond donors (Lipinski definition) is 10. The van der Waals surface area contributed by atoms with Gasteiger partial charge in [-0.1, -0.05) is 55.4 Å². The van der Waals surface area contributed by atoms with Gasteiger partial charge in [0.25, 0.3) is 0 Å². The lowest BCUT2D eigenvalue weighted by molar-refractivity contribution is -0.139. The number of hydrogen-bond acceptors (Lipinski definition) is 11. The third-order valence-corrected chi connectivity index (χ3v) is 10.0. The number of nitrogens with zero attached hydrogens (tertiary/aromatic N) is 1. The van der Waals surface area contributed by atoms with Crippen LogP contribution in [0.15, 0.2) is 0 Å². The molecular formula is C44H84N10O9. The number of rotatable bonds is 27. The fourth-order valence-electron chi connectivity index (χ4n) is 6.43. The maximum absolute atomic E-state index is 13.9. The van der Waals surface area contributed by atoms with Gasteiger partial charge in [-0.15, -0.1) is 0 Å². The Morgan fingerprint density at radius 3 is 1.49 bits per heavy atom. The van der Waals surface area contributed by atoms with Gasteiger partial charge in [-0.3, -0.25) is 38.4 Å². The van der Waals surface area contributed by atoms with Gasteiger partial charge in [0.05, 0.1) is 12.1 Å². The first-order chi connectivity index (χ1) is 28.6. The number of nitrogens with one attached hydrogen (secondary N) is 8. The first kappa shape index (κ1) is 58.6. The highest BCUT2D eigenvalue weighted by Gasteiger charge is 2.41. The molecule has 0 bridgehead atoms. The van der Waals surface area contributed by atoms with E-state index in [-0.39, 0.29) is 55.5 Å². The molecule has 11 N–H and O–H groups in total. The van der Waals surface area contributed by atoms with Crippen molar-refractivity contribution >= 4 is 47.3 Å². The van der Waals surface area contributed by atoms with Gasteiger partial charge < -0.3 is 58.3 Å². The van der Waals surface area contributed by atoms with Gasteiger partial charge in [0.1, 0.15) is 34.7 Å². The monoisotopic (exact) mass is 897 g/mol. The predicted octanol–water partition coefficient (Wildman–Crippen LogP) is 0.180. The largest absolute Gasteiger partial charge is 0.390 e. The molecule has 6 atom stereocenters. The summed E-state index contributed by atoms with van der Waals surface area (Å²) >= 11 is 0. The molecule has 0 saturated heterocycles. The minimum absolute atomic E-state index is 0.0353. The zero-order valence-corrected chi connectivity index (χ0v) is 41.3. The Morgan fingerprint density at radius 2 is 1.02 bits per heavy atom. The first-order valence-corrected chi connectivity index (χ1v) is 22.2. The smallest absolute Gasteiger partial charge is 0.246 e. The third kappa shape index (κ3) is 21.7. The van der Waals surface area contributed by atoms with E-state index in [1.54, 1.807) is 13.8 Å². The van der Waals surface area contributed by atoms with E-state index in [1.807, 2.05) is 67.5 Å². The summed E-state index contributed by atoms with van der Waals surface area (Å²) in [5, 5.41) is 32.4. The minimum Gasteiger partial charge on any atom is -0.390 e. The van der Waals surface area contributed by atoms with E-state index in [2.05, 4.69) is 42.5 Å². The van der Waals surface area contributed by atoms with Crippen LogP contribution in [0.4, 0.5) is 0 Å². The molecule has 63 heavy (non-hydrogen) atoms. The van der Waals surface area contributed by atoms with E-state index in [0.29, 0.717) is 13.0 Å². The van der Waals surface area contributed by atoms with Crippen molar-refractivity contribution in [3.8, 4) is 0 Å². The summed E-state index contributed by atoms with van der Waals surface area (Å²) in [5.74, 6) is -5.59. The predicted molar refractivity (Wildman–Crippen MR) is 243 cm³/mol. The summed E-state index contributed by atoms with van der Waals surface area (Å²) in [6, 6.07) is -4.75. The van der Waals surface area contributed by atoms with Crippen molar-refractivity contribution in [1.29, 1.82) is 0 Å². The van der Waals surface area contributed by atoms with Crippen molar-refractivity contribution in [3.63, 3.8) is 0 Å². The molecule has 0 aromatic carbocycles. The van der Waals surface area contributed by atoms with Crippen molar-refractivity contribution in [2.45, 2.75) is 182 Å². The second kappa shape index (κ2) is 25.8. The highest BCUT2D eigenvalue weighted by atomic mass is 16.3. The summed E-state index contributed by atoms with van der Waals surface area (Å²) in [4.78, 5) is 109. The maximum atomic E-state index is 13.9. The molecule has 0 aliphatic rings. The number of carbonyl (C=O) groups excluding carboxylic acids is 8. The van der Waals surface area contributed by atoms with E-state index >= 15 is 0 Å². The van der Waals surface area contributed by atoms with Crippen LogP contribution in [0.5, 0.6) is 0 Å². The highest BCUT2D eigenvalue weighted by molar-refractivity contribution is 5.99. The Labute approximate surface area is 376 Å². The molecule has 0 aliphatic heterocycles. The molecule has 0 rings (SSSR count). The van der Waals surface area contributed by atoms with Crippen LogP contribution < -0.4 is 48.3 Å². The molecule has 0 saturated carbocycles. The third-order valence-electron chi connectivity index (χ3n) is 10.0. The van der Waals surface area contributed by atoms with Crippen LogP contribution in [0.25, 0.3) is 0 Å². The molecule has 0 unspecified atom stereocenters. The highest BCUT2D eigenvalue weighted by Crippen LogP contribution is 2.15. The molecule has 19 heteroatoms. The van der Waals surface area contributed by atoms with Gasteiger partial charge >= 0.3 is 0 Å². The molecule has 0 spiro atoms. The van der Waals surface area contributed by atoms with Crippen LogP contribution in [0.3, 0.4) is 0 Å². The van der Waals surface area contributed by atoms with E-state index in [4.69, 9.17) is 5.73 Å². The molecule has 0 aliphatic carbocycles. The molecule has 19 nitrogen and oxygen atoms in total. The van der Waals surface area contributed by atoms with Crippen molar-refractivity contribution in [1.82, 2.24) is 47.4 Å². The molecule has 0 aromatic heterocycles. The van der Waals surface area contributed by atoms with Crippen LogP contribution in [-0.4, -0.2) is 137 Å². The summed E-state index contributed by atoms with van der Waals surface area (Å²) in [6.45, 7) is 25.8. The van der Waals surface area contributed by atoms with Crippen LogP contribution >= 0.6 is 0 Å². The zero-order chi connectivity index (χ0) is 49.4. The van der Waals surface area contributed by atoms with Crippen LogP contribution in [-0.2, 0) is 38.4 Å². The summed E-state index contributed by atoms with van der Waals surface area (Å²) < 4.78 is 0. The van der Waals surface area contributed by atoms with Gasteiger partial charge in [-0.05, 0) is 105 Å². The Kier molecular flexibility index (Phi) is 24.0. The quantitative estimate of drug-likeness (QED) is 0.0531. The number of amides is 8. The summed E-state index contributed by atoms with van der Waals surface area (Å²) in [7, 11) is 3.79. The van der Waals surface area contributed by atoms with E-state index < -0.39 is 94.2 Å². The Balaban J connectivity index is 5.99. The number of carbonyl (C=O) groups is 8. The second-order valence-corrected chi connectivity index (χ2v) is 20.3. The fraction of sp³-hybridized carbons (Fsp3) is 0.818. The zero-order valence-electron chi connectivity index (χ0n) is 41.3. The van der Waals surface area contributed by atoms with E-state index in [1.165, 1.54) is 41.5 Å². The van der Waals surface area contributed by atoms with Crippen LogP contribution in [0, 0.1) is 23.7 Å². The van der Waals surface area contributed by atoms with E-state index in [9.17, 15) is 43.5 Å². The number of likely N-dealkylation sites (N-methyl/N-ethyl adjacent to an activating group) is 1. The SMILES string of the molecule is CC(C)C[C@H](NC(=O)[C@H](CC(C)C)NC(=O)C(C)(C)NC(=O)[C@@H](NC(=O)[C@@H](N)CC(C)C)[C@H](O)C(C)C)C(=O)NC(C)(C)C(=O)NC(C)(C)C(=O)NCCC(=O)N[C@@H](C)CN(C)C. The first-order valence-electron chi connectivity index (χ1n) is 22.2. The normalized spacial score (nSPS) is 15.2. The Morgan fingerprint density at radius 1 is 0.556 bits per heavy atom. The topological polar surface area (TPSA) is 282 Å². The van der Waals surface area contributed by atoms with Crippen molar-refractivity contribution < 1.29 is 43.5 Å². The molecule has 0 radical (unpaired) electrons. The Hall–Kier alpha value is -4.36. The number of nitrogens with two attached hydrogens (primary N) is 1. The standard InChI is InChI=1S/C44H84N10O9/c1-24(2)20-29(45)35(57)50-33(34(56)27(7)8)38(60)52-43(12,13)40(62)49-30(21-25(3)4)36(58)48-31(22-26(5)6)37(59)51-44(14,15)41(63)53-42(10,11)39(61)46-19-18-32(55)47-28(9)23-54(16)17/h24-31,33-34,56H,18-23,45H2,1-17H3,(H,46,61)(H,47,55)(H,48,58)(H,49,62)(H,50,57)(H,51,59)(H,52,60)(H,53,63)/t28-,29-,30-,31-,33-,34+/m0/s1. The summed E-state index contributed by atoms with van der Waals surface area (Å²) in [5.41, 5.74) is 1.39. The van der Waals surface area contributed by atoms with Crippen LogP contribution in [0.2, 0.25) is 0 Å². The lowest BCUT2D eigenvalue weighted by Crippen LogP contribution is -2.65. The number of aliphatic hydroxyl groups excluding tert-OH is 1. The summed E-state index contributed by atoms with van der Waals surface area (Å²) in [6.07, 6.45) is -0.615. The lowest BCUT2D eigenvalue weighted by Gasteiger charge is -2.34. The fourth-order valence-corrected chi connectivity index (χ4v) is 6.43. The molecule has 364 valence electrons. The average molecular weight is 897 g/mol. The maximum Gasteiger partial charge on any atom is 0.246 e. The molecular weight excluding hydrogens is 813 g/mol. The van der Waals surface area contributed by atoms with Gasteiger partial charge in [-0.2, -0.15) is 0 Å². The average Bonchev–Trinajstić information content (AvgIpc) is 3.10. The molecule has 0 heterocycles. The lowest BCUT2D eigenvalue weighted by atomic mass is 9.95. The van der Waals surface area contributed by atoms with Crippen LogP contribution in [0.1, 0.15) is 130 Å². The van der Waals surface area contributed by atoms with Gasteiger partial charge in [0.15, 0.2) is 0 Å². The molecule has 0 fully saturated rings.